The highest BCUT2D eigenvalue weighted by atomic mass is 14.5. The third-order valence-electron chi connectivity index (χ3n) is 4.37. The van der Waals surface area contributed by atoms with E-state index in [4.69, 9.17) is 0 Å². The molecule has 0 aliphatic heterocycles. The molecule has 0 heteroatoms. The predicted molar refractivity (Wildman–Crippen MR) is 57.5 cm³/mol. The highest BCUT2D eigenvalue weighted by Gasteiger charge is 2.43. The van der Waals surface area contributed by atoms with E-state index in [-0.39, 0.29) is 0 Å². The Kier molecular flexibility index (Phi) is 2.05. The van der Waals surface area contributed by atoms with Crippen LogP contribution in [0.4, 0.5) is 0 Å². The van der Waals surface area contributed by atoms with Crippen LogP contribution < -0.4 is 0 Å². The maximum absolute atomic E-state index is 2.56. The molecule has 0 spiro atoms. The molecular formula is C13H22. The number of allylic oxidation sites excluding steroid dienone is 2. The van der Waals surface area contributed by atoms with Crippen LogP contribution in [-0.2, 0) is 0 Å². The zero-order valence-corrected chi connectivity index (χ0v) is 9.43. The van der Waals surface area contributed by atoms with Gasteiger partial charge in [-0.25, -0.2) is 0 Å². The van der Waals surface area contributed by atoms with E-state index in [9.17, 15) is 0 Å². The van der Waals surface area contributed by atoms with Crippen LogP contribution in [0.2, 0.25) is 0 Å². The van der Waals surface area contributed by atoms with Crippen LogP contribution in [0.1, 0.15) is 47.0 Å². The molecule has 13 heavy (non-hydrogen) atoms. The molecular weight excluding hydrogens is 156 g/mol. The summed E-state index contributed by atoms with van der Waals surface area (Å²) in [5.74, 6) is 2.64. The molecule has 0 radical (unpaired) electrons. The van der Waals surface area contributed by atoms with Crippen molar-refractivity contribution in [3.05, 3.63) is 11.6 Å². The molecule has 0 saturated heterocycles. The van der Waals surface area contributed by atoms with Crippen molar-refractivity contribution in [3.8, 4) is 0 Å². The molecule has 0 aromatic carbocycles. The van der Waals surface area contributed by atoms with Crippen LogP contribution in [0.25, 0.3) is 0 Å². The predicted octanol–water partition coefficient (Wildman–Crippen LogP) is 4.02. The summed E-state index contributed by atoms with van der Waals surface area (Å²) in [5.41, 5.74) is 2.33. The standard InChI is InChI=1S/C13H22/c1-9-5-11(3)13(4)8-10(2)7-12(13)6-9/h6,9-11H,5,7-8H2,1-4H3. The second-order valence-corrected chi connectivity index (χ2v) is 5.74. The van der Waals surface area contributed by atoms with Crippen molar-refractivity contribution < 1.29 is 0 Å². The minimum atomic E-state index is 0.561. The summed E-state index contributed by atoms with van der Waals surface area (Å²) in [6, 6.07) is 0. The molecule has 1 saturated carbocycles. The van der Waals surface area contributed by atoms with Gasteiger partial charge in [-0.15, -0.1) is 0 Å². The third-order valence-corrected chi connectivity index (χ3v) is 4.37. The van der Waals surface area contributed by atoms with Gasteiger partial charge in [0.15, 0.2) is 0 Å². The van der Waals surface area contributed by atoms with E-state index in [1.807, 2.05) is 0 Å². The molecule has 0 aromatic heterocycles. The van der Waals surface area contributed by atoms with E-state index in [1.165, 1.54) is 19.3 Å². The summed E-state index contributed by atoms with van der Waals surface area (Å²) in [4.78, 5) is 0. The Labute approximate surface area is 82.4 Å². The monoisotopic (exact) mass is 178 g/mol. The van der Waals surface area contributed by atoms with Crippen LogP contribution in [0.3, 0.4) is 0 Å². The van der Waals surface area contributed by atoms with E-state index in [0.717, 1.165) is 17.8 Å². The topological polar surface area (TPSA) is 0 Å². The Hall–Kier alpha value is -0.260. The smallest absolute Gasteiger partial charge is 0.00877 e. The highest BCUT2D eigenvalue weighted by molar-refractivity contribution is 5.24. The Morgan fingerprint density at radius 2 is 2.00 bits per heavy atom. The molecule has 0 aromatic rings. The van der Waals surface area contributed by atoms with Crippen molar-refractivity contribution >= 4 is 0 Å². The summed E-state index contributed by atoms with van der Waals surface area (Å²) in [5, 5.41) is 0. The van der Waals surface area contributed by atoms with Crippen molar-refractivity contribution in [1.29, 1.82) is 0 Å². The molecule has 1 fully saturated rings. The molecule has 74 valence electrons. The van der Waals surface area contributed by atoms with E-state index in [0.29, 0.717) is 5.41 Å². The number of hydrogen-bond donors (Lipinski definition) is 0. The SMILES string of the molecule is CC1C=C2CC(C)CC2(C)C(C)C1. The van der Waals surface area contributed by atoms with Gasteiger partial charge in [0, 0.05) is 0 Å². The first-order chi connectivity index (χ1) is 6.02. The van der Waals surface area contributed by atoms with Crippen molar-refractivity contribution in [2.75, 3.05) is 0 Å². The van der Waals surface area contributed by atoms with Gasteiger partial charge in [0.2, 0.25) is 0 Å². The first kappa shape index (κ1) is 9.30. The molecule has 0 amide bonds. The second-order valence-electron chi connectivity index (χ2n) is 5.74. The molecule has 0 nitrogen and oxygen atoms in total. The molecule has 4 atom stereocenters. The Morgan fingerprint density at radius 3 is 2.69 bits per heavy atom. The lowest BCUT2D eigenvalue weighted by Gasteiger charge is -2.39. The number of fused-ring (bicyclic) bond motifs is 1. The molecule has 2 aliphatic carbocycles. The van der Waals surface area contributed by atoms with E-state index in [1.54, 1.807) is 5.57 Å². The largest absolute Gasteiger partial charge is 0.0819 e. The van der Waals surface area contributed by atoms with Crippen molar-refractivity contribution in [1.82, 2.24) is 0 Å². The Morgan fingerprint density at radius 1 is 1.31 bits per heavy atom. The zero-order chi connectivity index (χ0) is 9.64. The fraction of sp³-hybridized carbons (Fsp3) is 0.846. The molecule has 2 aliphatic rings. The summed E-state index contributed by atoms with van der Waals surface area (Å²) in [6.07, 6.45) is 6.74. The average Bonchev–Trinajstić information content (AvgIpc) is 2.26. The van der Waals surface area contributed by atoms with Crippen LogP contribution in [0, 0.1) is 23.2 Å². The van der Waals surface area contributed by atoms with Crippen LogP contribution in [0.5, 0.6) is 0 Å². The van der Waals surface area contributed by atoms with Gasteiger partial charge in [-0.1, -0.05) is 39.3 Å². The van der Waals surface area contributed by atoms with Gasteiger partial charge < -0.3 is 0 Å². The lowest BCUT2D eigenvalue weighted by atomic mass is 9.66. The lowest BCUT2D eigenvalue weighted by Crippen LogP contribution is -2.29. The van der Waals surface area contributed by atoms with Crippen molar-refractivity contribution in [2.45, 2.75) is 47.0 Å². The van der Waals surface area contributed by atoms with E-state index < -0.39 is 0 Å². The first-order valence-corrected chi connectivity index (χ1v) is 5.73. The zero-order valence-electron chi connectivity index (χ0n) is 9.43. The maximum Gasteiger partial charge on any atom is -0.00877 e. The maximum atomic E-state index is 2.56. The van der Waals surface area contributed by atoms with Gasteiger partial charge in [0.05, 0.1) is 0 Å². The van der Waals surface area contributed by atoms with Crippen LogP contribution >= 0.6 is 0 Å². The van der Waals surface area contributed by atoms with E-state index >= 15 is 0 Å². The van der Waals surface area contributed by atoms with Crippen molar-refractivity contribution in [2.24, 2.45) is 23.2 Å². The van der Waals surface area contributed by atoms with Crippen LogP contribution in [0.15, 0.2) is 11.6 Å². The van der Waals surface area contributed by atoms with E-state index in [2.05, 4.69) is 33.8 Å². The second kappa shape index (κ2) is 2.87. The number of hydrogen-bond acceptors (Lipinski definition) is 0. The van der Waals surface area contributed by atoms with Gasteiger partial charge >= 0.3 is 0 Å². The fourth-order valence-electron chi connectivity index (χ4n) is 3.54. The van der Waals surface area contributed by atoms with Gasteiger partial charge in [-0.05, 0) is 42.4 Å². The normalized spacial score (nSPS) is 50.2. The molecule has 0 heterocycles. The van der Waals surface area contributed by atoms with Crippen LogP contribution in [-0.4, -0.2) is 0 Å². The summed E-state index contributed by atoms with van der Waals surface area (Å²) in [7, 11) is 0. The lowest BCUT2D eigenvalue weighted by molar-refractivity contribution is 0.205. The summed E-state index contributed by atoms with van der Waals surface area (Å²) >= 11 is 0. The molecule has 0 N–H and O–H groups in total. The molecule has 2 rings (SSSR count). The summed E-state index contributed by atoms with van der Waals surface area (Å²) < 4.78 is 0. The Bertz CT molecular complexity index is 238. The van der Waals surface area contributed by atoms with Gasteiger partial charge in [0.1, 0.15) is 0 Å². The number of rotatable bonds is 0. The van der Waals surface area contributed by atoms with Gasteiger partial charge in [0.25, 0.3) is 0 Å². The van der Waals surface area contributed by atoms with Gasteiger partial charge in [-0.3, -0.25) is 0 Å². The van der Waals surface area contributed by atoms with Gasteiger partial charge in [-0.2, -0.15) is 0 Å². The first-order valence-electron chi connectivity index (χ1n) is 5.73. The summed E-state index contributed by atoms with van der Waals surface area (Å²) in [6.45, 7) is 9.70. The third kappa shape index (κ3) is 1.35. The molecule has 0 bridgehead atoms. The Balaban J connectivity index is 2.33. The highest BCUT2D eigenvalue weighted by Crippen LogP contribution is 2.55. The fourth-order valence-corrected chi connectivity index (χ4v) is 3.54. The minimum absolute atomic E-state index is 0.561. The quantitative estimate of drug-likeness (QED) is 0.491. The molecule has 4 unspecified atom stereocenters. The average molecular weight is 178 g/mol. The minimum Gasteiger partial charge on any atom is -0.0819 e. The van der Waals surface area contributed by atoms with Crippen molar-refractivity contribution in [3.63, 3.8) is 0 Å².